The van der Waals surface area contributed by atoms with Crippen LogP contribution in [-0.4, -0.2) is 59.9 Å². The number of ether oxygens (including phenoxy) is 3. The van der Waals surface area contributed by atoms with Gasteiger partial charge in [-0.1, -0.05) is 6.07 Å². The fraction of sp³-hybridized carbons (Fsp3) is 0.350. The summed E-state index contributed by atoms with van der Waals surface area (Å²) < 4.78 is 40.0. The van der Waals surface area contributed by atoms with Gasteiger partial charge in [0.25, 0.3) is 5.91 Å². The first-order chi connectivity index (χ1) is 13.7. The van der Waals surface area contributed by atoms with E-state index < -0.39 is 9.84 Å². The smallest absolute Gasteiger partial charge is 0.253 e. The number of methoxy groups -OCH3 is 2. The fourth-order valence-electron chi connectivity index (χ4n) is 2.60. The molecule has 0 bridgehead atoms. The zero-order valence-corrected chi connectivity index (χ0v) is 19.2. The zero-order valence-electron chi connectivity index (χ0n) is 16.8. The normalized spacial score (nSPS) is 11.1. The lowest BCUT2D eigenvalue weighted by Gasteiger charge is -2.19. The number of halogens is 1. The number of hydrogen-bond donors (Lipinski definition) is 0. The summed E-state index contributed by atoms with van der Waals surface area (Å²) in [6.07, 6.45) is 1.73. The summed E-state index contributed by atoms with van der Waals surface area (Å²) in [4.78, 5) is 14.5. The number of sulfone groups is 1. The molecular weight excluding hydrogens is 462 g/mol. The predicted molar refractivity (Wildman–Crippen MR) is 114 cm³/mol. The van der Waals surface area contributed by atoms with Crippen LogP contribution in [0.5, 0.6) is 17.2 Å². The van der Waals surface area contributed by atoms with Gasteiger partial charge in [-0.25, -0.2) is 8.42 Å². The second kappa shape index (κ2) is 9.98. The van der Waals surface area contributed by atoms with Crippen molar-refractivity contribution < 1.29 is 27.4 Å². The Morgan fingerprint density at radius 3 is 2.28 bits per heavy atom. The first-order valence-electron chi connectivity index (χ1n) is 8.77. The number of rotatable bonds is 9. The summed E-state index contributed by atoms with van der Waals surface area (Å²) in [5, 5.41) is 0. The molecule has 0 N–H and O–H groups in total. The first kappa shape index (κ1) is 23.0. The standard InChI is InChI=1S/C20H24BrNO6S/c1-22(20(23)14-11-17(26-2)19(21)18(12-14)27-3)9-6-10-28-15-7-5-8-16(13-15)29(4,24)25/h5,7-8,11-13H,6,9-10H2,1-4H3. The molecular formula is C20H24BrNO6S. The van der Waals surface area contributed by atoms with Crippen molar-refractivity contribution in [2.24, 2.45) is 0 Å². The van der Waals surface area contributed by atoms with Crippen LogP contribution < -0.4 is 14.2 Å². The van der Waals surface area contributed by atoms with Crippen molar-refractivity contribution in [3.63, 3.8) is 0 Å². The van der Waals surface area contributed by atoms with Gasteiger partial charge in [-0.3, -0.25) is 4.79 Å². The third-order valence-electron chi connectivity index (χ3n) is 4.18. The maximum Gasteiger partial charge on any atom is 0.253 e. The SMILES string of the molecule is COc1cc(C(=O)N(C)CCCOc2cccc(S(C)(=O)=O)c2)cc(OC)c1Br. The van der Waals surface area contributed by atoms with Crippen molar-refractivity contribution in [1.82, 2.24) is 4.90 Å². The van der Waals surface area contributed by atoms with E-state index in [0.717, 1.165) is 6.26 Å². The van der Waals surface area contributed by atoms with Gasteiger partial charge in [-0.05, 0) is 52.7 Å². The van der Waals surface area contributed by atoms with E-state index in [1.165, 1.54) is 26.4 Å². The van der Waals surface area contributed by atoms with Gasteiger partial charge in [0.05, 0.1) is 25.7 Å². The van der Waals surface area contributed by atoms with Gasteiger partial charge in [-0.15, -0.1) is 0 Å². The molecule has 7 nitrogen and oxygen atoms in total. The van der Waals surface area contributed by atoms with Gasteiger partial charge >= 0.3 is 0 Å². The molecule has 2 aromatic carbocycles. The number of amides is 1. The molecule has 0 radical (unpaired) electrons. The zero-order chi connectivity index (χ0) is 21.6. The molecule has 0 unspecified atom stereocenters. The van der Waals surface area contributed by atoms with Crippen molar-refractivity contribution >= 4 is 31.7 Å². The maximum atomic E-state index is 12.7. The van der Waals surface area contributed by atoms with E-state index in [2.05, 4.69) is 15.9 Å². The predicted octanol–water partition coefficient (Wildman–Crippen LogP) is 3.41. The lowest BCUT2D eigenvalue weighted by atomic mass is 10.1. The minimum Gasteiger partial charge on any atom is -0.495 e. The van der Waals surface area contributed by atoms with Crippen molar-refractivity contribution in [2.75, 3.05) is 40.7 Å². The molecule has 9 heteroatoms. The van der Waals surface area contributed by atoms with Crippen LogP contribution in [0.2, 0.25) is 0 Å². The highest BCUT2D eigenvalue weighted by Crippen LogP contribution is 2.35. The van der Waals surface area contributed by atoms with Gasteiger partial charge in [0.15, 0.2) is 9.84 Å². The highest BCUT2D eigenvalue weighted by Gasteiger charge is 2.17. The second-order valence-electron chi connectivity index (χ2n) is 6.37. The summed E-state index contributed by atoms with van der Waals surface area (Å²) in [7, 11) is 1.46. The van der Waals surface area contributed by atoms with Crippen LogP contribution in [0.4, 0.5) is 0 Å². The number of carbonyl (C=O) groups is 1. The molecule has 0 aromatic heterocycles. The van der Waals surface area contributed by atoms with Crippen LogP contribution in [-0.2, 0) is 9.84 Å². The Balaban J connectivity index is 1.94. The molecule has 0 fully saturated rings. The van der Waals surface area contributed by atoms with Gasteiger partial charge in [0.1, 0.15) is 21.7 Å². The molecule has 0 saturated carbocycles. The Morgan fingerprint density at radius 2 is 1.72 bits per heavy atom. The molecule has 2 rings (SSSR count). The van der Waals surface area contributed by atoms with Crippen LogP contribution >= 0.6 is 15.9 Å². The Bertz CT molecular complexity index is 952. The van der Waals surface area contributed by atoms with Crippen molar-refractivity contribution in [3.8, 4) is 17.2 Å². The molecule has 0 saturated heterocycles. The third-order valence-corrected chi connectivity index (χ3v) is 6.07. The lowest BCUT2D eigenvalue weighted by Crippen LogP contribution is -2.28. The Kier molecular flexibility index (Phi) is 7.92. The number of nitrogens with zero attached hydrogens (tertiary/aromatic N) is 1. The largest absolute Gasteiger partial charge is 0.495 e. The second-order valence-corrected chi connectivity index (χ2v) is 9.18. The highest BCUT2D eigenvalue weighted by atomic mass is 79.9. The third kappa shape index (κ3) is 6.11. The van der Waals surface area contributed by atoms with E-state index in [4.69, 9.17) is 14.2 Å². The van der Waals surface area contributed by atoms with E-state index in [1.807, 2.05) is 0 Å². The minimum atomic E-state index is -3.28. The minimum absolute atomic E-state index is 0.173. The van der Waals surface area contributed by atoms with E-state index in [9.17, 15) is 13.2 Å². The molecule has 0 heterocycles. The van der Waals surface area contributed by atoms with Crippen LogP contribution in [0.15, 0.2) is 45.8 Å². The summed E-state index contributed by atoms with van der Waals surface area (Å²) >= 11 is 3.38. The van der Waals surface area contributed by atoms with E-state index in [1.54, 1.807) is 36.2 Å². The van der Waals surface area contributed by atoms with Gasteiger partial charge in [0.2, 0.25) is 0 Å². The quantitative estimate of drug-likeness (QED) is 0.506. The number of hydrogen-bond acceptors (Lipinski definition) is 6. The Hall–Kier alpha value is -2.26. The van der Waals surface area contributed by atoms with Crippen molar-refractivity contribution in [2.45, 2.75) is 11.3 Å². The highest BCUT2D eigenvalue weighted by molar-refractivity contribution is 9.10. The molecule has 2 aromatic rings. The van der Waals surface area contributed by atoms with E-state index in [-0.39, 0.29) is 10.8 Å². The molecule has 0 aliphatic carbocycles. The average Bonchev–Trinajstić information content (AvgIpc) is 2.70. The van der Waals surface area contributed by atoms with Gasteiger partial charge in [0, 0.05) is 25.4 Å². The molecule has 1 amide bonds. The van der Waals surface area contributed by atoms with Gasteiger partial charge in [-0.2, -0.15) is 0 Å². The number of benzene rings is 2. The average molecular weight is 486 g/mol. The lowest BCUT2D eigenvalue weighted by molar-refractivity contribution is 0.0787. The fourth-order valence-corrected chi connectivity index (χ4v) is 3.81. The Labute approximate surface area is 179 Å². The maximum absolute atomic E-state index is 12.7. The summed E-state index contributed by atoms with van der Waals surface area (Å²) in [6.45, 7) is 0.809. The first-order valence-corrected chi connectivity index (χ1v) is 11.5. The van der Waals surface area contributed by atoms with Gasteiger partial charge < -0.3 is 19.1 Å². The number of carbonyl (C=O) groups excluding carboxylic acids is 1. The van der Waals surface area contributed by atoms with E-state index in [0.29, 0.717) is 46.9 Å². The van der Waals surface area contributed by atoms with Crippen LogP contribution in [0.3, 0.4) is 0 Å². The van der Waals surface area contributed by atoms with E-state index >= 15 is 0 Å². The topological polar surface area (TPSA) is 82.1 Å². The molecule has 0 aliphatic heterocycles. The molecule has 158 valence electrons. The summed E-state index contributed by atoms with van der Waals surface area (Å²) in [5.74, 6) is 1.32. The monoisotopic (exact) mass is 485 g/mol. The van der Waals surface area contributed by atoms with Crippen molar-refractivity contribution in [3.05, 3.63) is 46.4 Å². The summed E-state index contributed by atoms with van der Waals surface area (Å²) in [5.41, 5.74) is 0.450. The summed E-state index contributed by atoms with van der Waals surface area (Å²) in [6, 6.07) is 9.65. The Morgan fingerprint density at radius 1 is 1.10 bits per heavy atom. The van der Waals surface area contributed by atoms with Crippen LogP contribution in [0.25, 0.3) is 0 Å². The van der Waals surface area contributed by atoms with Crippen molar-refractivity contribution in [1.29, 1.82) is 0 Å². The van der Waals surface area contributed by atoms with Crippen LogP contribution in [0, 0.1) is 0 Å². The molecule has 0 atom stereocenters. The molecule has 29 heavy (non-hydrogen) atoms. The van der Waals surface area contributed by atoms with Crippen LogP contribution in [0.1, 0.15) is 16.8 Å². The molecule has 0 spiro atoms. The molecule has 0 aliphatic rings.